The van der Waals surface area contributed by atoms with Crippen LogP contribution in [0.15, 0.2) is 24.3 Å². The summed E-state index contributed by atoms with van der Waals surface area (Å²) >= 11 is 0. The molecule has 0 bridgehead atoms. The molecule has 1 rings (SSSR count). The van der Waals surface area contributed by atoms with Crippen LogP contribution in [0.4, 0.5) is 0 Å². The van der Waals surface area contributed by atoms with Crippen LogP contribution < -0.4 is 10.1 Å². The Kier molecular flexibility index (Phi) is 11.2. The molecule has 152 valence electrons. The second-order valence-electron chi connectivity index (χ2n) is 7.16. The number of carbonyl (C=O) groups is 2. The van der Waals surface area contributed by atoms with Crippen LogP contribution in [-0.2, 0) is 9.59 Å². The van der Waals surface area contributed by atoms with E-state index in [9.17, 15) is 9.59 Å². The average molecular weight is 377 g/mol. The molecule has 27 heavy (non-hydrogen) atoms. The molecule has 0 aliphatic carbocycles. The molecule has 1 aromatic rings. The van der Waals surface area contributed by atoms with Gasteiger partial charge >= 0.3 is 0 Å². The Balaban J connectivity index is 2.17. The first kappa shape index (κ1) is 23.0. The van der Waals surface area contributed by atoms with E-state index >= 15 is 0 Å². The highest BCUT2D eigenvalue weighted by Crippen LogP contribution is 2.18. The summed E-state index contributed by atoms with van der Waals surface area (Å²) in [6.07, 6.45) is 3.33. The van der Waals surface area contributed by atoms with Crippen molar-refractivity contribution in [3.8, 4) is 5.75 Å². The molecular weight excluding hydrogens is 340 g/mol. The zero-order chi connectivity index (χ0) is 20.1. The van der Waals surface area contributed by atoms with Crippen LogP contribution in [0.1, 0.15) is 71.3 Å². The van der Waals surface area contributed by atoms with Crippen molar-refractivity contribution in [2.45, 2.75) is 65.7 Å². The van der Waals surface area contributed by atoms with E-state index in [-0.39, 0.29) is 11.8 Å². The van der Waals surface area contributed by atoms with Gasteiger partial charge in [0.15, 0.2) is 0 Å². The lowest BCUT2D eigenvalue weighted by molar-refractivity contribution is -0.131. The third-order valence-electron chi connectivity index (χ3n) is 4.37. The molecule has 0 unspecified atom stereocenters. The lowest BCUT2D eigenvalue weighted by atomic mass is 10.0. The monoisotopic (exact) mass is 376 g/mol. The zero-order valence-corrected chi connectivity index (χ0v) is 17.4. The summed E-state index contributed by atoms with van der Waals surface area (Å²) in [5.74, 6) is 1.44. The van der Waals surface area contributed by atoms with Gasteiger partial charge in [0.1, 0.15) is 12.4 Å². The van der Waals surface area contributed by atoms with Crippen molar-refractivity contribution in [1.82, 2.24) is 10.2 Å². The van der Waals surface area contributed by atoms with Crippen LogP contribution in [0.2, 0.25) is 0 Å². The summed E-state index contributed by atoms with van der Waals surface area (Å²) in [4.78, 5) is 25.9. The van der Waals surface area contributed by atoms with Gasteiger partial charge in [-0.1, -0.05) is 39.8 Å². The van der Waals surface area contributed by atoms with Gasteiger partial charge in [-0.3, -0.25) is 9.59 Å². The highest BCUT2D eigenvalue weighted by atomic mass is 16.5. The van der Waals surface area contributed by atoms with E-state index in [1.54, 1.807) is 0 Å². The Bertz CT molecular complexity index is 549. The van der Waals surface area contributed by atoms with E-state index < -0.39 is 0 Å². The standard InChI is InChI=1S/C22H36N2O3/c1-5-15-24(16-6-2)22(26)9-7-8-21(25)23-14-17-27-20-12-10-19(11-13-20)18(3)4/h10-13,18H,5-9,14-17H2,1-4H3,(H,23,25). The van der Waals surface area contributed by atoms with Gasteiger partial charge in [0.2, 0.25) is 11.8 Å². The molecule has 0 aromatic heterocycles. The molecule has 1 aromatic carbocycles. The first-order chi connectivity index (χ1) is 13.0. The fraction of sp³-hybridized carbons (Fsp3) is 0.636. The molecule has 0 aliphatic heterocycles. The molecule has 0 spiro atoms. The van der Waals surface area contributed by atoms with E-state index in [2.05, 4.69) is 45.1 Å². The van der Waals surface area contributed by atoms with Crippen molar-refractivity contribution >= 4 is 11.8 Å². The van der Waals surface area contributed by atoms with Gasteiger partial charge in [0.25, 0.3) is 0 Å². The first-order valence-corrected chi connectivity index (χ1v) is 10.2. The fourth-order valence-corrected chi connectivity index (χ4v) is 2.86. The minimum Gasteiger partial charge on any atom is -0.492 e. The highest BCUT2D eigenvalue weighted by molar-refractivity contribution is 5.78. The molecule has 0 saturated heterocycles. The van der Waals surface area contributed by atoms with Crippen molar-refractivity contribution in [2.75, 3.05) is 26.2 Å². The quantitative estimate of drug-likeness (QED) is 0.527. The van der Waals surface area contributed by atoms with Gasteiger partial charge in [-0.05, 0) is 42.9 Å². The van der Waals surface area contributed by atoms with Crippen LogP contribution >= 0.6 is 0 Å². The number of amides is 2. The van der Waals surface area contributed by atoms with Gasteiger partial charge in [-0.15, -0.1) is 0 Å². The van der Waals surface area contributed by atoms with E-state index in [0.717, 1.165) is 31.7 Å². The van der Waals surface area contributed by atoms with Gasteiger partial charge < -0.3 is 15.0 Å². The largest absolute Gasteiger partial charge is 0.492 e. The third-order valence-corrected chi connectivity index (χ3v) is 4.37. The second-order valence-corrected chi connectivity index (χ2v) is 7.16. The van der Waals surface area contributed by atoms with Gasteiger partial charge in [0.05, 0.1) is 6.54 Å². The maximum absolute atomic E-state index is 12.2. The molecule has 0 radical (unpaired) electrons. The number of nitrogens with one attached hydrogen (secondary N) is 1. The van der Waals surface area contributed by atoms with E-state index in [0.29, 0.717) is 38.3 Å². The Morgan fingerprint density at radius 1 is 1.04 bits per heavy atom. The number of hydrogen-bond acceptors (Lipinski definition) is 3. The van der Waals surface area contributed by atoms with Crippen molar-refractivity contribution < 1.29 is 14.3 Å². The van der Waals surface area contributed by atoms with E-state index in [4.69, 9.17) is 4.74 Å². The number of nitrogens with zero attached hydrogens (tertiary/aromatic N) is 1. The van der Waals surface area contributed by atoms with Gasteiger partial charge in [0, 0.05) is 25.9 Å². The maximum Gasteiger partial charge on any atom is 0.222 e. The molecule has 5 nitrogen and oxygen atoms in total. The number of benzene rings is 1. The summed E-state index contributed by atoms with van der Waals surface area (Å²) in [6, 6.07) is 8.05. The summed E-state index contributed by atoms with van der Waals surface area (Å²) in [7, 11) is 0. The number of rotatable bonds is 13. The topological polar surface area (TPSA) is 58.6 Å². The Labute approximate surface area is 164 Å². The molecule has 2 amide bonds. The predicted molar refractivity (Wildman–Crippen MR) is 110 cm³/mol. The van der Waals surface area contributed by atoms with Crippen LogP contribution in [-0.4, -0.2) is 43.0 Å². The molecule has 0 atom stereocenters. The van der Waals surface area contributed by atoms with Crippen molar-refractivity contribution in [3.63, 3.8) is 0 Å². The van der Waals surface area contributed by atoms with Crippen LogP contribution in [0, 0.1) is 0 Å². The Hall–Kier alpha value is -2.04. The molecule has 0 aliphatic rings. The maximum atomic E-state index is 12.2. The molecular formula is C22H36N2O3. The lowest BCUT2D eigenvalue weighted by Crippen LogP contribution is -2.33. The average Bonchev–Trinajstić information content (AvgIpc) is 2.65. The predicted octanol–water partition coefficient (Wildman–Crippen LogP) is 4.12. The second kappa shape index (κ2) is 13.2. The summed E-state index contributed by atoms with van der Waals surface area (Å²) in [6.45, 7) is 11.0. The minimum atomic E-state index is -0.0286. The molecule has 0 saturated carbocycles. The highest BCUT2D eigenvalue weighted by Gasteiger charge is 2.12. The molecule has 5 heteroatoms. The number of hydrogen-bond donors (Lipinski definition) is 1. The Morgan fingerprint density at radius 3 is 2.22 bits per heavy atom. The van der Waals surface area contributed by atoms with Crippen LogP contribution in [0.25, 0.3) is 0 Å². The van der Waals surface area contributed by atoms with Crippen molar-refractivity contribution in [1.29, 1.82) is 0 Å². The van der Waals surface area contributed by atoms with Gasteiger partial charge in [-0.25, -0.2) is 0 Å². The molecule has 1 N–H and O–H groups in total. The zero-order valence-electron chi connectivity index (χ0n) is 17.4. The summed E-state index contributed by atoms with van der Waals surface area (Å²) < 4.78 is 5.64. The number of ether oxygens (including phenoxy) is 1. The fourth-order valence-electron chi connectivity index (χ4n) is 2.86. The Morgan fingerprint density at radius 2 is 1.67 bits per heavy atom. The van der Waals surface area contributed by atoms with Crippen LogP contribution in [0.3, 0.4) is 0 Å². The number of carbonyl (C=O) groups excluding carboxylic acids is 2. The lowest BCUT2D eigenvalue weighted by Gasteiger charge is -2.21. The smallest absolute Gasteiger partial charge is 0.222 e. The molecule has 0 fully saturated rings. The summed E-state index contributed by atoms with van der Waals surface area (Å²) in [5.41, 5.74) is 1.28. The SMILES string of the molecule is CCCN(CCC)C(=O)CCCC(=O)NCCOc1ccc(C(C)C)cc1. The normalized spacial score (nSPS) is 10.7. The van der Waals surface area contributed by atoms with Crippen molar-refractivity contribution in [2.24, 2.45) is 0 Å². The summed E-state index contributed by atoms with van der Waals surface area (Å²) in [5, 5.41) is 2.85. The molecule has 0 heterocycles. The van der Waals surface area contributed by atoms with E-state index in [1.165, 1.54) is 5.56 Å². The minimum absolute atomic E-state index is 0.0286. The van der Waals surface area contributed by atoms with Crippen LogP contribution in [0.5, 0.6) is 5.75 Å². The van der Waals surface area contributed by atoms with E-state index in [1.807, 2.05) is 17.0 Å². The van der Waals surface area contributed by atoms with Crippen molar-refractivity contribution in [3.05, 3.63) is 29.8 Å². The first-order valence-electron chi connectivity index (χ1n) is 10.2. The third kappa shape index (κ3) is 9.45. The van der Waals surface area contributed by atoms with Gasteiger partial charge in [-0.2, -0.15) is 0 Å².